The van der Waals surface area contributed by atoms with Gasteiger partial charge in [-0.3, -0.25) is 4.72 Å². The van der Waals surface area contributed by atoms with Gasteiger partial charge in [-0.2, -0.15) is 0 Å². The van der Waals surface area contributed by atoms with E-state index in [2.05, 4.69) is 15.4 Å². The SMILES string of the molecule is CCC(COC)NC(=O)Nc1ccc(NS(C)(=O)=O)c(Cl)c1. The van der Waals surface area contributed by atoms with Crippen LogP contribution in [0.3, 0.4) is 0 Å². The van der Waals surface area contributed by atoms with E-state index >= 15 is 0 Å². The van der Waals surface area contributed by atoms with Crippen LogP contribution in [0.5, 0.6) is 0 Å². The predicted molar refractivity (Wildman–Crippen MR) is 88.0 cm³/mol. The smallest absolute Gasteiger partial charge is 0.319 e. The fraction of sp³-hybridized carbons (Fsp3) is 0.462. The molecular weight excluding hydrogens is 330 g/mol. The number of hydrogen-bond acceptors (Lipinski definition) is 4. The van der Waals surface area contributed by atoms with E-state index in [4.69, 9.17) is 16.3 Å². The second kappa shape index (κ2) is 8.21. The summed E-state index contributed by atoms with van der Waals surface area (Å²) in [5.74, 6) is 0. The number of amides is 2. The Labute approximate surface area is 135 Å². The van der Waals surface area contributed by atoms with Crippen molar-refractivity contribution < 1.29 is 17.9 Å². The minimum atomic E-state index is -3.41. The molecule has 0 aliphatic heterocycles. The molecule has 0 saturated heterocycles. The third-order valence-corrected chi connectivity index (χ3v) is 3.62. The van der Waals surface area contributed by atoms with E-state index in [1.54, 1.807) is 13.2 Å². The average Bonchev–Trinajstić information content (AvgIpc) is 2.40. The summed E-state index contributed by atoms with van der Waals surface area (Å²) in [5, 5.41) is 5.57. The molecule has 1 aromatic carbocycles. The lowest BCUT2D eigenvalue weighted by molar-refractivity contribution is 0.165. The Morgan fingerprint density at radius 3 is 2.59 bits per heavy atom. The highest BCUT2D eigenvalue weighted by molar-refractivity contribution is 7.92. The van der Waals surface area contributed by atoms with E-state index in [0.717, 1.165) is 12.7 Å². The lowest BCUT2D eigenvalue weighted by Gasteiger charge is -2.16. The van der Waals surface area contributed by atoms with E-state index in [1.165, 1.54) is 12.1 Å². The normalized spacial score (nSPS) is 12.5. The number of nitrogens with one attached hydrogen (secondary N) is 3. The van der Waals surface area contributed by atoms with Crippen LogP contribution < -0.4 is 15.4 Å². The molecule has 1 aromatic rings. The van der Waals surface area contributed by atoms with E-state index < -0.39 is 10.0 Å². The predicted octanol–water partition coefficient (Wildman–Crippen LogP) is 2.26. The molecule has 0 bridgehead atoms. The third-order valence-electron chi connectivity index (χ3n) is 2.72. The van der Waals surface area contributed by atoms with Gasteiger partial charge in [-0.25, -0.2) is 13.2 Å². The maximum atomic E-state index is 11.8. The Morgan fingerprint density at radius 1 is 1.41 bits per heavy atom. The Balaban J connectivity index is 2.70. The molecule has 0 spiro atoms. The summed E-state index contributed by atoms with van der Waals surface area (Å²) in [6, 6.07) is 4.02. The molecule has 0 heterocycles. The van der Waals surface area contributed by atoms with Crippen LogP contribution in [0, 0.1) is 0 Å². The monoisotopic (exact) mass is 349 g/mol. The second-order valence-electron chi connectivity index (χ2n) is 4.73. The number of halogens is 1. The summed E-state index contributed by atoms with van der Waals surface area (Å²) in [4.78, 5) is 11.8. The van der Waals surface area contributed by atoms with Gasteiger partial charge in [0.15, 0.2) is 0 Å². The average molecular weight is 350 g/mol. The number of benzene rings is 1. The van der Waals surface area contributed by atoms with Crippen molar-refractivity contribution >= 4 is 39.0 Å². The Bertz CT molecular complexity index is 622. The first kappa shape index (κ1) is 18.5. The second-order valence-corrected chi connectivity index (χ2v) is 6.88. The number of carbonyl (C=O) groups excluding carboxylic acids is 1. The lowest BCUT2D eigenvalue weighted by Crippen LogP contribution is -2.40. The Kier molecular flexibility index (Phi) is 6.92. The van der Waals surface area contributed by atoms with Crippen LogP contribution in [0.4, 0.5) is 16.2 Å². The van der Waals surface area contributed by atoms with Crippen molar-refractivity contribution in [2.45, 2.75) is 19.4 Å². The van der Waals surface area contributed by atoms with Gasteiger partial charge in [0.1, 0.15) is 0 Å². The maximum Gasteiger partial charge on any atom is 0.319 e. The van der Waals surface area contributed by atoms with Gasteiger partial charge in [0.2, 0.25) is 10.0 Å². The summed E-state index contributed by atoms with van der Waals surface area (Å²) < 4.78 is 29.6. The summed E-state index contributed by atoms with van der Waals surface area (Å²) in [5.41, 5.74) is 0.703. The summed E-state index contributed by atoms with van der Waals surface area (Å²) >= 11 is 5.98. The van der Waals surface area contributed by atoms with Crippen LogP contribution in [0.1, 0.15) is 13.3 Å². The third kappa shape index (κ3) is 6.50. The molecule has 2 amide bonds. The Morgan fingerprint density at radius 2 is 2.09 bits per heavy atom. The molecular formula is C13H20ClN3O4S. The van der Waals surface area contributed by atoms with Gasteiger partial charge in [-0.15, -0.1) is 0 Å². The number of urea groups is 1. The highest BCUT2D eigenvalue weighted by atomic mass is 35.5. The van der Waals surface area contributed by atoms with Crippen molar-refractivity contribution in [3.63, 3.8) is 0 Å². The van der Waals surface area contributed by atoms with Crippen LogP contribution in [-0.4, -0.2) is 40.5 Å². The molecule has 0 aliphatic rings. The number of anilines is 2. The molecule has 0 saturated carbocycles. The Hall–Kier alpha value is -1.51. The van der Waals surface area contributed by atoms with Crippen LogP contribution in [0.15, 0.2) is 18.2 Å². The largest absolute Gasteiger partial charge is 0.383 e. The molecule has 0 radical (unpaired) electrons. The van der Waals surface area contributed by atoms with E-state index in [0.29, 0.717) is 12.3 Å². The molecule has 1 atom stereocenters. The number of methoxy groups -OCH3 is 1. The quantitative estimate of drug-likeness (QED) is 0.703. The van der Waals surface area contributed by atoms with Crippen LogP contribution in [-0.2, 0) is 14.8 Å². The van der Waals surface area contributed by atoms with Gasteiger partial charge >= 0.3 is 6.03 Å². The highest BCUT2D eigenvalue weighted by Crippen LogP contribution is 2.26. The molecule has 0 fully saturated rings. The first-order valence-corrected chi connectivity index (χ1v) is 8.86. The van der Waals surface area contributed by atoms with Crippen molar-refractivity contribution in [3.05, 3.63) is 23.2 Å². The summed E-state index contributed by atoms with van der Waals surface area (Å²) in [6.45, 7) is 2.36. The molecule has 7 nitrogen and oxygen atoms in total. The number of carbonyl (C=O) groups is 1. The molecule has 124 valence electrons. The highest BCUT2D eigenvalue weighted by Gasteiger charge is 2.11. The molecule has 0 aromatic heterocycles. The fourth-order valence-electron chi connectivity index (χ4n) is 1.69. The van der Waals surface area contributed by atoms with Crippen LogP contribution in [0.25, 0.3) is 0 Å². The van der Waals surface area contributed by atoms with Gasteiger partial charge < -0.3 is 15.4 Å². The molecule has 1 rings (SSSR count). The van der Waals surface area contributed by atoms with Gasteiger partial charge in [0, 0.05) is 12.8 Å². The number of rotatable bonds is 7. The van der Waals surface area contributed by atoms with E-state index in [1.807, 2.05) is 6.92 Å². The zero-order chi connectivity index (χ0) is 16.8. The zero-order valence-electron chi connectivity index (χ0n) is 12.6. The van der Waals surface area contributed by atoms with Crippen molar-refractivity contribution in [2.75, 3.05) is 30.0 Å². The first-order valence-electron chi connectivity index (χ1n) is 6.59. The fourth-order valence-corrected chi connectivity index (χ4v) is 2.55. The topological polar surface area (TPSA) is 96.5 Å². The van der Waals surface area contributed by atoms with Crippen molar-refractivity contribution in [1.29, 1.82) is 0 Å². The minimum Gasteiger partial charge on any atom is -0.383 e. The van der Waals surface area contributed by atoms with Gasteiger partial charge in [0.05, 0.1) is 29.6 Å². The van der Waals surface area contributed by atoms with Crippen molar-refractivity contribution in [2.24, 2.45) is 0 Å². The number of sulfonamides is 1. The van der Waals surface area contributed by atoms with Gasteiger partial charge in [-0.05, 0) is 24.6 Å². The molecule has 9 heteroatoms. The maximum absolute atomic E-state index is 11.8. The molecule has 3 N–H and O–H groups in total. The standard InChI is InChI=1S/C13H20ClN3O4S/c1-4-9(8-21-2)15-13(18)16-10-5-6-12(11(14)7-10)17-22(3,19)20/h5-7,9,17H,4,8H2,1-3H3,(H2,15,16,18). The first-order chi connectivity index (χ1) is 10.2. The van der Waals surface area contributed by atoms with Crippen molar-refractivity contribution in [1.82, 2.24) is 5.32 Å². The van der Waals surface area contributed by atoms with Gasteiger partial charge in [0.25, 0.3) is 0 Å². The van der Waals surface area contributed by atoms with Gasteiger partial charge in [-0.1, -0.05) is 18.5 Å². The van der Waals surface area contributed by atoms with Crippen LogP contribution in [0.2, 0.25) is 5.02 Å². The zero-order valence-corrected chi connectivity index (χ0v) is 14.2. The van der Waals surface area contributed by atoms with Crippen molar-refractivity contribution in [3.8, 4) is 0 Å². The van der Waals surface area contributed by atoms with Crippen LogP contribution >= 0.6 is 11.6 Å². The lowest BCUT2D eigenvalue weighted by atomic mass is 10.2. The van der Waals surface area contributed by atoms with E-state index in [9.17, 15) is 13.2 Å². The minimum absolute atomic E-state index is 0.0911. The number of hydrogen-bond donors (Lipinski definition) is 3. The van der Waals surface area contributed by atoms with E-state index in [-0.39, 0.29) is 22.8 Å². The summed E-state index contributed by atoms with van der Waals surface area (Å²) in [7, 11) is -1.84. The summed E-state index contributed by atoms with van der Waals surface area (Å²) in [6.07, 6.45) is 1.77. The molecule has 22 heavy (non-hydrogen) atoms. The molecule has 0 aliphatic carbocycles. The molecule has 1 unspecified atom stereocenters. The number of ether oxygens (including phenoxy) is 1.